The van der Waals surface area contributed by atoms with Crippen molar-refractivity contribution in [3.05, 3.63) is 42.5 Å². The van der Waals surface area contributed by atoms with Crippen LogP contribution in [0.15, 0.2) is 42.5 Å². The largest absolute Gasteiger partial charge is 0.497 e. The molecule has 7 heteroatoms. The fourth-order valence-corrected chi connectivity index (χ4v) is 1.95. The Morgan fingerprint density at radius 3 is 2.12 bits per heavy atom. The van der Waals surface area contributed by atoms with E-state index in [1.165, 1.54) is 14.0 Å². The molecule has 0 saturated heterocycles. The van der Waals surface area contributed by atoms with Crippen molar-refractivity contribution in [1.29, 1.82) is 0 Å². The average Bonchev–Trinajstić information content (AvgIpc) is 2.56. The molecule has 2 aromatic rings. The SMILES string of the molecule is COc1ccc(NC(=O)Oc2ccc(NC(C)=O)cc2)c(OC)c1. The number of carbonyl (C=O) groups is 2. The number of rotatable bonds is 5. The molecule has 126 valence electrons. The third-order valence-electron chi connectivity index (χ3n) is 3.03. The monoisotopic (exact) mass is 330 g/mol. The molecule has 0 atom stereocenters. The zero-order valence-electron chi connectivity index (χ0n) is 13.6. The van der Waals surface area contributed by atoms with Gasteiger partial charge in [0.2, 0.25) is 5.91 Å². The minimum Gasteiger partial charge on any atom is -0.497 e. The summed E-state index contributed by atoms with van der Waals surface area (Å²) in [5.41, 5.74) is 1.07. The van der Waals surface area contributed by atoms with Gasteiger partial charge in [-0.2, -0.15) is 0 Å². The van der Waals surface area contributed by atoms with Gasteiger partial charge in [-0.05, 0) is 36.4 Å². The van der Waals surface area contributed by atoms with E-state index in [1.54, 1.807) is 49.6 Å². The van der Waals surface area contributed by atoms with Crippen LogP contribution in [-0.2, 0) is 4.79 Å². The topological polar surface area (TPSA) is 85.9 Å². The Morgan fingerprint density at radius 1 is 0.875 bits per heavy atom. The highest BCUT2D eigenvalue weighted by Crippen LogP contribution is 2.29. The minimum atomic E-state index is -0.661. The number of nitrogens with one attached hydrogen (secondary N) is 2. The molecule has 0 unspecified atom stereocenters. The molecule has 2 aromatic carbocycles. The Kier molecular flexibility index (Phi) is 5.62. The molecular formula is C17H18N2O5. The van der Waals surface area contributed by atoms with Gasteiger partial charge in [0.15, 0.2) is 0 Å². The van der Waals surface area contributed by atoms with Crippen molar-refractivity contribution < 1.29 is 23.8 Å². The molecule has 0 saturated carbocycles. The molecule has 0 bridgehead atoms. The summed E-state index contributed by atoms with van der Waals surface area (Å²) in [5.74, 6) is 1.23. The Hall–Kier alpha value is -3.22. The molecule has 2 N–H and O–H groups in total. The number of ether oxygens (including phenoxy) is 3. The van der Waals surface area contributed by atoms with Crippen molar-refractivity contribution in [2.45, 2.75) is 6.92 Å². The van der Waals surface area contributed by atoms with Gasteiger partial charge in [-0.25, -0.2) is 4.79 Å². The molecule has 0 spiro atoms. The maximum absolute atomic E-state index is 12.0. The molecule has 0 aliphatic rings. The first-order valence-corrected chi connectivity index (χ1v) is 7.10. The average molecular weight is 330 g/mol. The first-order chi connectivity index (χ1) is 11.5. The third-order valence-corrected chi connectivity index (χ3v) is 3.03. The van der Waals surface area contributed by atoms with Crippen molar-refractivity contribution in [2.24, 2.45) is 0 Å². The molecule has 24 heavy (non-hydrogen) atoms. The second kappa shape index (κ2) is 7.87. The van der Waals surface area contributed by atoms with Gasteiger partial charge < -0.3 is 19.5 Å². The predicted octanol–water partition coefficient (Wildman–Crippen LogP) is 3.27. The molecule has 0 radical (unpaired) electrons. The van der Waals surface area contributed by atoms with Crippen LogP contribution in [0.1, 0.15) is 6.92 Å². The van der Waals surface area contributed by atoms with Gasteiger partial charge in [0.05, 0.1) is 19.9 Å². The van der Waals surface area contributed by atoms with Gasteiger partial charge in [-0.15, -0.1) is 0 Å². The van der Waals surface area contributed by atoms with E-state index in [1.807, 2.05) is 0 Å². The summed E-state index contributed by atoms with van der Waals surface area (Å²) in [6, 6.07) is 11.4. The van der Waals surface area contributed by atoms with E-state index in [9.17, 15) is 9.59 Å². The Bertz CT molecular complexity index is 728. The van der Waals surface area contributed by atoms with Crippen molar-refractivity contribution in [3.8, 4) is 17.2 Å². The highest BCUT2D eigenvalue weighted by atomic mass is 16.6. The fraction of sp³-hybridized carbons (Fsp3) is 0.176. The van der Waals surface area contributed by atoms with Gasteiger partial charge in [0.25, 0.3) is 0 Å². The van der Waals surface area contributed by atoms with Crippen LogP contribution in [0.5, 0.6) is 17.2 Å². The number of carbonyl (C=O) groups excluding carboxylic acids is 2. The van der Waals surface area contributed by atoms with E-state index < -0.39 is 6.09 Å². The summed E-state index contributed by atoms with van der Waals surface area (Å²) < 4.78 is 15.5. The van der Waals surface area contributed by atoms with Crippen LogP contribution in [0.25, 0.3) is 0 Å². The lowest BCUT2D eigenvalue weighted by Gasteiger charge is -2.12. The van der Waals surface area contributed by atoms with Crippen LogP contribution in [-0.4, -0.2) is 26.2 Å². The van der Waals surface area contributed by atoms with Crippen molar-refractivity contribution in [1.82, 2.24) is 0 Å². The molecule has 0 aliphatic heterocycles. The van der Waals surface area contributed by atoms with E-state index >= 15 is 0 Å². The number of hydrogen-bond donors (Lipinski definition) is 2. The second-order valence-electron chi connectivity index (χ2n) is 4.79. The van der Waals surface area contributed by atoms with E-state index in [0.29, 0.717) is 28.6 Å². The maximum Gasteiger partial charge on any atom is 0.417 e. The van der Waals surface area contributed by atoms with Crippen LogP contribution in [0.2, 0.25) is 0 Å². The Labute approximate surface area is 139 Å². The molecule has 0 heterocycles. The van der Waals surface area contributed by atoms with Crippen LogP contribution < -0.4 is 24.8 Å². The van der Waals surface area contributed by atoms with Gasteiger partial charge in [0.1, 0.15) is 17.2 Å². The van der Waals surface area contributed by atoms with Crippen LogP contribution >= 0.6 is 0 Å². The summed E-state index contributed by atoms with van der Waals surface area (Å²) in [7, 11) is 3.03. The Balaban J connectivity index is 2.01. The van der Waals surface area contributed by atoms with Gasteiger partial charge >= 0.3 is 6.09 Å². The van der Waals surface area contributed by atoms with Crippen LogP contribution in [0.4, 0.5) is 16.2 Å². The summed E-state index contributed by atoms with van der Waals surface area (Å²) in [6.07, 6.45) is -0.661. The molecule has 0 aliphatic carbocycles. The highest BCUT2D eigenvalue weighted by Gasteiger charge is 2.10. The quantitative estimate of drug-likeness (QED) is 0.879. The first-order valence-electron chi connectivity index (χ1n) is 7.10. The normalized spacial score (nSPS) is 9.79. The van der Waals surface area contributed by atoms with Gasteiger partial charge in [-0.3, -0.25) is 10.1 Å². The molecule has 7 nitrogen and oxygen atoms in total. The molecule has 0 aromatic heterocycles. The van der Waals surface area contributed by atoms with Gasteiger partial charge in [-0.1, -0.05) is 0 Å². The Morgan fingerprint density at radius 2 is 1.54 bits per heavy atom. The van der Waals surface area contributed by atoms with Crippen LogP contribution in [0.3, 0.4) is 0 Å². The summed E-state index contributed by atoms with van der Waals surface area (Å²) in [4.78, 5) is 22.9. The zero-order valence-corrected chi connectivity index (χ0v) is 13.6. The van der Waals surface area contributed by atoms with E-state index in [0.717, 1.165) is 0 Å². The highest BCUT2D eigenvalue weighted by molar-refractivity contribution is 5.89. The third kappa shape index (κ3) is 4.64. The summed E-state index contributed by atoms with van der Waals surface area (Å²) in [5, 5.41) is 5.22. The fourth-order valence-electron chi connectivity index (χ4n) is 1.95. The lowest BCUT2D eigenvalue weighted by Crippen LogP contribution is -2.17. The molecule has 2 amide bonds. The van der Waals surface area contributed by atoms with Crippen molar-refractivity contribution in [2.75, 3.05) is 24.9 Å². The van der Waals surface area contributed by atoms with Crippen molar-refractivity contribution in [3.63, 3.8) is 0 Å². The zero-order chi connectivity index (χ0) is 17.5. The number of methoxy groups -OCH3 is 2. The molecule has 0 fully saturated rings. The van der Waals surface area contributed by atoms with E-state index in [2.05, 4.69) is 10.6 Å². The molecule has 2 rings (SSSR count). The number of hydrogen-bond acceptors (Lipinski definition) is 5. The summed E-state index contributed by atoms with van der Waals surface area (Å²) >= 11 is 0. The molecular weight excluding hydrogens is 312 g/mol. The van der Waals surface area contributed by atoms with Crippen molar-refractivity contribution >= 4 is 23.4 Å². The maximum atomic E-state index is 12.0. The standard InChI is InChI=1S/C17H18N2O5/c1-11(20)18-12-4-6-13(7-5-12)24-17(21)19-15-9-8-14(22-2)10-16(15)23-3/h4-10H,1-3H3,(H,18,20)(H,19,21). The smallest absolute Gasteiger partial charge is 0.417 e. The number of benzene rings is 2. The first kappa shape index (κ1) is 17.1. The minimum absolute atomic E-state index is 0.173. The van der Waals surface area contributed by atoms with E-state index in [4.69, 9.17) is 14.2 Å². The van der Waals surface area contributed by atoms with E-state index in [-0.39, 0.29) is 5.91 Å². The summed E-state index contributed by atoms with van der Waals surface area (Å²) in [6.45, 7) is 1.42. The number of amides is 2. The van der Waals surface area contributed by atoms with Crippen LogP contribution in [0, 0.1) is 0 Å². The van der Waals surface area contributed by atoms with Gasteiger partial charge in [0, 0.05) is 18.7 Å². The number of anilines is 2. The lowest BCUT2D eigenvalue weighted by molar-refractivity contribution is -0.114. The predicted molar refractivity (Wildman–Crippen MR) is 89.9 cm³/mol. The second-order valence-corrected chi connectivity index (χ2v) is 4.79. The lowest BCUT2D eigenvalue weighted by atomic mass is 10.2.